The highest BCUT2D eigenvalue weighted by atomic mass is 35.5. The predicted octanol–water partition coefficient (Wildman–Crippen LogP) is 3.90. The number of aromatic nitrogens is 4. The number of fused-ring (bicyclic) bond motifs is 1. The van der Waals surface area contributed by atoms with Crippen molar-refractivity contribution in [3.05, 3.63) is 56.1 Å². The van der Waals surface area contributed by atoms with Crippen LogP contribution in [0.15, 0.2) is 23.0 Å². The molecule has 3 rings (SSSR count). The van der Waals surface area contributed by atoms with Gasteiger partial charge in [-0.1, -0.05) is 55.9 Å². The average molecular weight is 387 g/mol. The quantitative estimate of drug-likeness (QED) is 0.548. The first-order valence-electron chi connectivity index (χ1n) is 7.11. The second-order valence-corrected chi connectivity index (χ2v) is 6.79. The fraction of sp³-hybridized carbons (Fsp3) is 0.267. The van der Waals surface area contributed by atoms with Crippen LogP contribution in [0, 0.1) is 5.82 Å². The predicted molar refractivity (Wildman–Crippen MR) is 95.8 cm³/mol. The number of nitrogens with zero attached hydrogens (tertiary/aromatic N) is 4. The van der Waals surface area contributed by atoms with Crippen molar-refractivity contribution in [2.75, 3.05) is 0 Å². The summed E-state index contributed by atoms with van der Waals surface area (Å²) in [6.07, 6.45) is 0. The molecule has 5 nitrogen and oxygen atoms in total. The molecule has 2 heterocycles. The third-order valence-electron chi connectivity index (χ3n) is 3.56. The number of hydrogen-bond donors (Lipinski definition) is 1. The Kier molecular flexibility index (Phi) is 4.59. The van der Waals surface area contributed by atoms with Crippen LogP contribution in [0.25, 0.3) is 11.2 Å². The fourth-order valence-corrected chi connectivity index (χ4v) is 3.05. The van der Waals surface area contributed by atoms with Gasteiger partial charge in [0, 0.05) is 5.92 Å². The van der Waals surface area contributed by atoms with Gasteiger partial charge in [-0.15, -0.1) is 0 Å². The summed E-state index contributed by atoms with van der Waals surface area (Å²) < 4.78 is 16.1. The van der Waals surface area contributed by atoms with E-state index >= 15 is 0 Å². The third kappa shape index (κ3) is 2.92. The van der Waals surface area contributed by atoms with Gasteiger partial charge < -0.3 is 0 Å². The maximum atomic E-state index is 13.6. The molecule has 0 aliphatic rings. The van der Waals surface area contributed by atoms with Crippen LogP contribution < -0.4 is 5.69 Å². The molecule has 126 valence electrons. The summed E-state index contributed by atoms with van der Waals surface area (Å²) in [4.78, 5) is 21.1. The maximum Gasteiger partial charge on any atom is 0.340 e. The molecular formula is C15H13Cl2FN4OS. The Morgan fingerprint density at radius 3 is 2.62 bits per heavy atom. The average Bonchev–Trinajstić information content (AvgIpc) is 2.76. The fourth-order valence-electron chi connectivity index (χ4n) is 2.32. The number of imidazole rings is 1. The zero-order valence-electron chi connectivity index (χ0n) is 12.8. The zero-order valence-corrected chi connectivity index (χ0v) is 15.2. The lowest BCUT2D eigenvalue weighted by molar-refractivity contribution is 0.623. The first-order valence-corrected chi connectivity index (χ1v) is 8.27. The Bertz CT molecular complexity index is 999. The molecule has 1 aromatic carbocycles. The molecule has 0 aliphatic heterocycles. The third-order valence-corrected chi connectivity index (χ3v) is 4.50. The Hall–Kier alpha value is -1.57. The summed E-state index contributed by atoms with van der Waals surface area (Å²) >= 11 is 16.1. The molecule has 0 spiro atoms. The second-order valence-electron chi connectivity index (χ2n) is 5.63. The van der Waals surface area contributed by atoms with E-state index in [9.17, 15) is 9.18 Å². The summed E-state index contributed by atoms with van der Waals surface area (Å²) in [6.45, 7) is 3.96. The van der Waals surface area contributed by atoms with E-state index in [1.54, 1.807) is 6.07 Å². The van der Waals surface area contributed by atoms with Gasteiger partial charge in [0.15, 0.2) is 10.8 Å². The lowest BCUT2D eigenvalue weighted by Gasteiger charge is -2.07. The van der Waals surface area contributed by atoms with Gasteiger partial charge in [-0.05, 0) is 17.7 Å². The standard InChI is InChI=1S/C15H13Cl2FN4OS/c1-7(2)13-19-12(17)11-14(20-13)21(15(23)22(11)24)6-8-3-4-9(16)10(18)5-8/h3-5,7,24H,6H2,1-2H3. The number of benzene rings is 1. The van der Waals surface area contributed by atoms with Crippen LogP contribution in [0.1, 0.15) is 31.2 Å². The van der Waals surface area contributed by atoms with Gasteiger partial charge in [-0.25, -0.2) is 23.1 Å². The van der Waals surface area contributed by atoms with E-state index in [0.29, 0.717) is 22.6 Å². The van der Waals surface area contributed by atoms with E-state index in [4.69, 9.17) is 23.2 Å². The molecule has 24 heavy (non-hydrogen) atoms. The molecule has 9 heteroatoms. The number of rotatable bonds is 3. The molecule has 0 amide bonds. The molecule has 0 fully saturated rings. The largest absolute Gasteiger partial charge is 0.340 e. The van der Waals surface area contributed by atoms with E-state index in [-0.39, 0.29) is 22.6 Å². The summed E-state index contributed by atoms with van der Waals surface area (Å²) in [7, 11) is 0. The van der Waals surface area contributed by atoms with Crippen molar-refractivity contribution in [1.82, 2.24) is 18.5 Å². The van der Waals surface area contributed by atoms with Crippen molar-refractivity contribution >= 4 is 47.2 Å². The maximum absolute atomic E-state index is 13.6. The van der Waals surface area contributed by atoms with Gasteiger partial charge in [-0.2, -0.15) is 0 Å². The minimum Gasteiger partial charge on any atom is -0.271 e. The van der Waals surface area contributed by atoms with Crippen LogP contribution in [0.5, 0.6) is 0 Å². The lowest BCUT2D eigenvalue weighted by Crippen LogP contribution is -2.21. The van der Waals surface area contributed by atoms with Crippen molar-refractivity contribution in [2.45, 2.75) is 26.3 Å². The SMILES string of the molecule is CC(C)c1nc(Cl)c2c(n1)n(Cc1ccc(Cl)c(F)c1)c(=O)n2S. The Morgan fingerprint density at radius 2 is 2.00 bits per heavy atom. The van der Waals surface area contributed by atoms with Gasteiger partial charge in [0.2, 0.25) is 0 Å². The normalized spacial score (nSPS) is 11.6. The summed E-state index contributed by atoms with van der Waals surface area (Å²) in [6, 6.07) is 4.37. The molecule has 0 radical (unpaired) electrons. The Balaban J connectivity index is 2.21. The molecule has 0 unspecified atom stereocenters. The van der Waals surface area contributed by atoms with Crippen molar-refractivity contribution in [1.29, 1.82) is 0 Å². The van der Waals surface area contributed by atoms with Gasteiger partial charge in [0.05, 0.1) is 11.6 Å². The van der Waals surface area contributed by atoms with E-state index < -0.39 is 11.5 Å². The van der Waals surface area contributed by atoms with Crippen LogP contribution in [0.2, 0.25) is 10.2 Å². The molecule has 0 saturated carbocycles. The molecule has 0 N–H and O–H groups in total. The lowest BCUT2D eigenvalue weighted by atomic mass is 10.2. The molecule has 0 saturated heterocycles. The first kappa shape index (κ1) is 17.3. The minimum absolute atomic E-state index is 0.0233. The topological polar surface area (TPSA) is 52.7 Å². The monoisotopic (exact) mass is 386 g/mol. The number of halogens is 3. The molecule has 0 bridgehead atoms. The van der Waals surface area contributed by atoms with Crippen LogP contribution in [0.4, 0.5) is 4.39 Å². The van der Waals surface area contributed by atoms with Crippen LogP contribution in [0.3, 0.4) is 0 Å². The highest BCUT2D eigenvalue weighted by Crippen LogP contribution is 2.24. The highest BCUT2D eigenvalue weighted by molar-refractivity contribution is 7.78. The minimum atomic E-state index is -0.549. The van der Waals surface area contributed by atoms with Crippen molar-refractivity contribution in [3.8, 4) is 0 Å². The van der Waals surface area contributed by atoms with Gasteiger partial charge in [0.1, 0.15) is 17.2 Å². The molecule has 0 atom stereocenters. The van der Waals surface area contributed by atoms with Gasteiger partial charge >= 0.3 is 5.69 Å². The Morgan fingerprint density at radius 1 is 1.29 bits per heavy atom. The van der Waals surface area contributed by atoms with Crippen molar-refractivity contribution in [2.24, 2.45) is 0 Å². The van der Waals surface area contributed by atoms with Crippen LogP contribution in [-0.4, -0.2) is 18.5 Å². The highest BCUT2D eigenvalue weighted by Gasteiger charge is 2.19. The van der Waals surface area contributed by atoms with E-state index in [1.165, 1.54) is 16.7 Å². The van der Waals surface area contributed by atoms with Crippen molar-refractivity contribution < 1.29 is 4.39 Å². The number of thiol groups is 1. The first-order chi connectivity index (χ1) is 11.3. The molecule has 0 aliphatic carbocycles. The van der Waals surface area contributed by atoms with E-state index in [0.717, 1.165) is 3.97 Å². The summed E-state index contributed by atoms with van der Waals surface area (Å²) in [5.41, 5.74) is 0.819. The van der Waals surface area contributed by atoms with Crippen LogP contribution >= 0.6 is 36.0 Å². The zero-order chi connectivity index (χ0) is 17.6. The van der Waals surface area contributed by atoms with Crippen LogP contribution in [-0.2, 0) is 6.54 Å². The van der Waals surface area contributed by atoms with E-state index in [2.05, 4.69) is 22.8 Å². The molecule has 3 aromatic rings. The second kappa shape index (κ2) is 6.38. The van der Waals surface area contributed by atoms with Gasteiger partial charge in [-0.3, -0.25) is 4.57 Å². The summed E-state index contributed by atoms with van der Waals surface area (Å²) in [5.74, 6) is 0.00141. The number of hydrogen-bond acceptors (Lipinski definition) is 4. The van der Waals surface area contributed by atoms with Crippen molar-refractivity contribution in [3.63, 3.8) is 0 Å². The molecule has 2 aromatic heterocycles. The Labute approximate surface area is 152 Å². The smallest absolute Gasteiger partial charge is 0.271 e. The summed E-state index contributed by atoms with van der Waals surface area (Å²) in [5, 5.41) is 0.173. The van der Waals surface area contributed by atoms with Gasteiger partial charge in [0.25, 0.3) is 0 Å². The van der Waals surface area contributed by atoms with E-state index in [1.807, 2.05) is 13.8 Å². The molecular weight excluding hydrogens is 374 g/mol.